The first-order valence-electron chi connectivity index (χ1n) is 9.19. The number of nitrogens with zero attached hydrogens (tertiary/aromatic N) is 2. The Labute approximate surface area is 185 Å². The first-order chi connectivity index (χ1) is 14.6. The first-order valence-corrected chi connectivity index (χ1v) is 10.4. The van der Waals surface area contributed by atoms with Crippen LogP contribution in [0, 0.1) is 0 Å². The van der Waals surface area contributed by atoms with E-state index >= 15 is 0 Å². The molecule has 0 aliphatic rings. The lowest BCUT2D eigenvalue weighted by atomic mass is 10.0. The fourth-order valence-corrected chi connectivity index (χ4v) is 4.19. The summed E-state index contributed by atoms with van der Waals surface area (Å²) in [6.45, 7) is 0. The SMILES string of the molecule is Oc1c(Cl)cc(Br)cc1C=Nc1ccc2oc(-c3cccc4ccccc34)nc2c1. The van der Waals surface area contributed by atoms with Gasteiger partial charge in [-0.15, -0.1) is 0 Å². The Hall–Kier alpha value is -3.15. The van der Waals surface area contributed by atoms with E-state index < -0.39 is 0 Å². The van der Waals surface area contributed by atoms with Crippen molar-refractivity contribution < 1.29 is 9.52 Å². The van der Waals surface area contributed by atoms with Crippen molar-refractivity contribution in [2.24, 2.45) is 4.99 Å². The van der Waals surface area contributed by atoms with Crippen LogP contribution in [-0.4, -0.2) is 16.3 Å². The van der Waals surface area contributed by atoms with Gasteiger partial charge in [0.1, 0.15) is 11.3 Å². The largest absolute Gasteiger partial charge is 0.506 e. The summed E-state index contributed by atoms with van der Waals surface area (Å²) in [5.41, 5.74) is 3.55. The van der Waals surface area contributed by atoms with Crippen molar-refractivity contribution in [1.29, 1.82) is 0 Å². The van der Waals surface area contributed by atoms with Gasteiger partial charge >= 0.3 is 0 Å². The summed E-state index contributed by atoms with van der Waals surface area (Å²) < 4.78 is 6.77. The van der Waals surface area contributed by atoms with Crippen LogP contribution in [0.3, 0.4) is 0 Å². The summed E-state index contributed by atoms with van der Waals surface area (Å²) in [5.74, 6) is 0.559. The zero-order chi connectivity index (χ0) is 20.7. The molecule has 30 heavy (non-hydrogen) atoms. The minimum atomic E-state index is -0.00984. The number of aromatic nitrogens is 1. The maximum Gasteiger partial charge on any atom is 0.227 e. The lowest BCUT2D eigenvalue weighted by Gasteiger charge is -2.02. The van der Waals surface area contributed by atoms with Crippen LogP contribution >= 0.6 is 27.5 Å². The highest BCUT2D eigenvalue weighted by atomic mass is 79.9. The van der Waals surface area contributed by atoms with E-state index in [0.717, 1.165) is 20.8 Å². The average molecular weight is 478 g/mol. The molecule has 0 atom stereocenters. The highest BCUT2D eigenvalue weighted by Gasteiger charge is 2.12. The third-order valence-corrected chi connectivity index (χ3v) is 5.55. The molecule has 0 saturated heterocycles. The number of aromatic hydroxyl groups is 1. The Morgan fingerprint density at radius 2 is 1.83 bits per heavy atom. The van der Waals surface area contributed by atoms with Gasteiger partial charge in [0, 0.05) is 21.8 Å². The zero-order valence-corrected chi connectivity index (χ0v) is 17.9. The Kier molecular flexibility index (Phi) is 4.77. The molecule has 0 spiro atoms. The Morgan fingerprint density at radius 1 is 1.00 bits per heavy atom. The minimum Gasteiger partial charge on any atom is -0.506 e. The normalized spacial score (nSPS) is 11.7. The van der Waals surface area contributed by atoms with Crippen molar-refractivity contribution in [3.05, 3.63) is 87.9 Å². The van der Waals surface area contributed by atoms with Crippen LogP contribution in [0.1, 0.15) is 5.56 Å². The van der Waals surface area contributed by atoms with E-state index in [1.54, 1.807) is 18.3 Å². The topological polar surface area (TPSA) is 58.6 Å². The first kappa shape index (κ1) is 18.9. The fourth-order valence-electron chi connectivity index (χ4n) is 3.35. The van der Waals surface area contributed by atoms with Crippen molar-refractivity contribution in [3.63, 3.8) is 0 Å². The third-order valence-electron chi connectivity index (χ3n) is 4.80. The quantitative estimate of drug-likeness (QED) is 0.273. The zero-order valence-electron chi connectivity index (χ0n) is 15.5. The monoisotopic (exact) mass is 476 g/mol. The Bertz CT molecular complexity index is 1440. The van der Waals surface area contributed by atoms with E-state index in [0.29, 0.717) is 28.2 Å². The lowest BCUT2D eigenvalue weighted by molar-refractivity contribution is 0.474. The molecule has 1 N–H and O–H groups in total. The smallest absolute Gasteiger partial charge is 0.227 e. The van der Waals surface area contributed by atoms with Crippen LogP contribution in [0.5, 0.6) is 5.75 Å². The molecule has 146 valence electrons. The molecule has 4 aromatic carbocycles. The number of oxazole rings is 1. The average Bonchev–Trinajstić information content (AvgIpc) is 3.18. The second kappa shape index (κ2) is 7.59. The van der Waals surface area contributed by atoms with E-state index in [-0.39, 0.29) is 10.8 Å². The van der Waals surface area contributed by atoms with E-state index in [1.807, 2.05) is 42.5 Å². The molecule has 0 unspecified atom stereocenters. The predicted molar refractivity (Wildman–Crippen MR) is 125 cm³/mol. The molecule has 1 heterocycles. The molecule has 0 fully saturated rings. The van der Waals surface area contributed by atoms with Crippen LogP contribution in [0.15, 0.2) is 86.7 Å². The van der Waals surface area contributed by atoms with Crippen molar-refractivity contribution in [3.8, 4) is 17.2 Å². The van der Waals surface area contributed by atoms with Crippen LogP contribution in [0.25, 0.3) is 33.3 Å². The standard InChI is InChI=1S/C24H14BrClN2O2/c25-16-10-15(23(29)20(26)11-16)13-27-17-8-9-22-21(12-17)28-24(30-22)19-7-3-5-14-4-1-2-6-18(14)19/h1-13,29H. The Morgan fingerprint density at radius 3 is 2.73 bits per heavy atom. The summed E-state index contributed by atoms with van der Waals surface area (Å²) in [7, 11) is 0. The number of phenolic OH excluding ortho intramolecular Hbond substituents is 1. The summed E-state index contributed by atoms with van der Waals surface area (Å²) in [6, 6.07) is 23.1. The number of phenols is 1. The van der Waals surface area contributed by atoms with E-state index in [4.69, 9.17) is 16.0 Å². The molecule has 1 aromatic heterocycles. The fraction of sp³-hybridized carbons (Fsp3) is 0. The van der Waals surface area contributed by atoms with Crippen LogP contribution in [-0.2, 0) is 0 Å². The lowest BCUT2D eigenvalue weighted by Crippen LogP contribution is -1.84. The predicted octanol–water partition coefficient (Wildman–Crippen LogP) is 7.52. The number of rotatable bonds is 3. The molecule has 0 radical (unpaired) electrons. The number of aliphatic imine (C=N–C) groups is 1. The van der Waals surface area contributed by atoms with E-state index in [2.05, 4.69) is 44.1 Å². The summed E-state index contributed by atoms with van der Waals surface area (Å²) in [4.78, 5) is 9.13. The van der Waals surface area contributed by atoms with Gasteiger partial charge in [0.15, 0.2) is 5.58 Å². The van der Waals surface area contributed by atoms with Crippen LogP contribution in [0.2, 0.25) is 5.02 Å². The van der Waals surface area contributed by atoms with Gasteiger partial charge in [-0.3, -0.25) is 4.99 Å². The highest BCUT2D eigenvalue weighted by molar-refractivity contribution is 9.10. The maximum absolute atomic E-state index is 10.1. The molecular weight excluding hydrogens is 464 g/mol. The molecule has 5 aromatic rings. The number of hydrogen-bond donors (Lipinski definition) is 1. The molecule has 0 amide bonds. The second-order valence-electron chi connectivity index (χ2n) is 6.78. The van der Waals surface area contributed by atoms with E-state index in [1.165, 1.54) is 0 Å². The molecule has 0 aliphatic carbocycles. The van der Waals surface area contributed by atoms with Gasteiger partial charge in [-0.1, -0.05) is 63.9 Å². The van der Waals surface area contributed by atoms with Gasteiger partial charge in [-0.2, -0.15) is 0 Å². The van der Waals surface area contributed by atoms with Crippen molar-refractivity contribution in [2.75, 3.05) is 0 Å². The van der Waals surface area contributed by atoms with Crippen molar-refractivity contribution in [1.82, 2.24) is 4.98 Å². The number of hydrogen-bond acceptors (Lipinski definition) is 4. The number of halogens is 2. The van der Waals surface area contributed by atoms with Gasteiger partial charge in [0.05, 0.1) is 10.7 Å². The van der Waals surface area contributed by atoms with Gasteiger partial charge in [-0.25, -0.2) is 4.98 Å². The molecule has 0 bridgehead atoms. The van der Waals surface area contributed by atoms with Crippen LogP contribution in [0.4, 0.5) is 5.69 Å². The van der Waals surface area contributed by atoms with Gasteiger partial charge in [0.2, 0.25) is 5.89 Å². The molecule has 0 saturated carbocycles. The number of fused-ring (bicyclic) bond motifs is 2. The second-order valence-corrected chi connectivity index (χ2v) is 8.10. The minimum absolute atomic E-state index is 0.00984. The van der Waals surface area contributed by atoms with Gasteiger partial charge < -0.3 is 9.52 Å². The molecule has 0 aliphatic heterocycles. The van der Waals surface area contributed by atoms with Crippen LogP contribution < -0.4 is 0 Å². The number of benzene rings is 4. The summed E-state index contributed by atoms with van der Waals surface area (Å²) in [6.07, 6.45) is 1.57. The highest BCUT2D eigenvalue weighted by Crippen LogP contribution is 2.33. The summed E-state index contributed by atoms with van der Waals surface area (Å²) >= 11 is 9.39. The molecule has 5 rings (SSSR count). The van der Waals surface area contributed by atoms with Gasteiger partial charge in [-0.05, 0) is 47.2 Å². The third kappa shape index (κ3) is 3.47. The molecular formula is C24H14BrClN2O2. The van der Waals surface area contributed by atoms with Crippen molar-refractivity contribution in [2.45, 2.75) is 0 Å². The van der Waals surface area contributed by atoms with Crippen molar-refractivity contribution >= 4 is 61.3 Å². The summed E-state index contributed by atoms with van der Waals surface area (Å²) in [5, 5.41) is 12.6. The maximum atomic E-state index is 10.1. The molecule has 6 heteroatoms. The van der Waals surface area contributed by atoms with Gasteiger partial charge in [0.25, 0.3) is 0 Å². The van der Waals surface area contributed by atoms with E-state index in [9.17, 15) is 5.11 Å². The Balaban J connectivity index is 1.53. The molecule has 4 nitrogen and oxygen atoms in total.